The quantitative estimate of drug-likeness (QED) is 0.579. The Morgan fingerprint density at radius 2 is 1.78 bits per heavy atom. The van der Waals surface area contributed by atoms with Crippen LogP contribution in [0, 0.1) is 0 Å². The van der Waals surface area contributed by atoms with E-state index in [-0.39, 0.29) is 17.9 Å². The summed E-state index contributed by atoms with van der Waals surface area (Å²) in [4.78, 5) is 58.3. The van der Waals surface area contributed by atoms with Gasteiger partial charge in [-0.1, -0.05) is 6.07 Å². The van der Waals surface area contributed by atoms with Crippen molar-refractivity contribution in [1.82, 2.24) is 24.4 Å². The number of aryl methyl sites for hydroxylation is 1. The fourth-order valence-electron chi connectivity index (χ4n) is 5.05. The monoisotopic (exact) mass is 510 g/mol. The summed E-state index contributed by atoms with van der Waals surface area (Å²) in [5, 5.41) is 3.10. The average molecular weight is 510 g/mol. The molecule has 0 saturated carbocycles. The molecule has 2 aromatic rings. The summed E-state index contributed by atoms with van der Waals surface area (Å²) < 4.78 is 40.6. The molecule has 0 bridgehead atoms. The number of aromatic nitrogens is 2. The van der Waals surface area contributed by atoms with Crippen molar-refractivity contribution in [3.8, 4) is 0 Å². The van der Waals surface area contributed by atoms with Gasteiger partial charge in [0.25, 0.3) is 11.8 Å². The zero-order valence-electron chi connectivity index (χ0n) is 19.5. The third kappa shape index (κ3) is 4.03. The van der Waals surface area contributed by atoms with Crippen molar-refractivity contribution in [3.05, 3.63) is 28.7 Å². The van der Waals surface area contributed by atoms with Crippen LogP contribution in [-0.4, -0.2) is 88.4 Å². The predicted molar refractivity (Wildman–Crippen MR) is 120 cm³/mol. The van der Waals surface area contributed by atoms with Gasteiger partial charge < -0.3 is 15.1 Å². The van der Waals surface area contributed by atoms with E-state index in [1.54, 1.807) is 19.2 Å². The first-order chi connectivity index (χ1) is 17.1. The van der Waals surface area contributed by atoms with E-state index in [1.807, 2.05) is 6.07 Å². The Balaban J connectivity index is 1.46. The van der Waals surface area contributed by atoms with Gasteiger partial charge in [0.2, 0.25) is 0 Å². The number of benzene rings is 1. The third-order valence-corrected chi connectivity index (χ3v) is 7.07. The molecule has 0 spiro atoms. The van der Waals surface area contributed by atoms with Gasteiger partial charge in [-0.25, -0.2) is 9.59 Å². The van der Waals surface area contributed by atoms with Crippen LogP contribution in [0.2, 0.25) is 0 Å². The van der Waals surface area contributed by atoms with Crippen LogP contribution >= 0.6 is 0 Å². The van der Waals surface area contributed by atoms with Gasteiger partial charge in [0.05, 0.1) is 16.7 Å². The minimum atomic E-state index is -5.39. The van der Waals surface area contributed by atoms with Gasteiger partial charge >= 0.3 is 17.8 Å². The summed E-state index contributed by atoms with van der Waals surface area (Å²) in [5.74, 6) is -4.97. The zero-order chi connectivity index (χ0) is 25.8. The van der Waals surface area contributed by atoms with Crippen LogP contribution in [0.5, 0.6) is 0 Å². The van der Waals surface area contributed by atoms with Crippen LogP contribution in [0.1, 0.15) is 18.9 Å². The highest BCUT2D eigenvalue weighted by Gasteiger charge is 2.47. The lowest BCUT2D eigenvalue weighted by Gasteiger charge is -2.44. The molecule has 11 nitrogen and oxygen atoms in total. The molecule has 0 radical (unpaired) electrons. The number of rotatable bonds is 4. The lowest BCUT2D eigenvalue weighted by molar-refractivity contribution is -0.238. The van der Waals surface area contributed by atoms with Gasteiger partial charge in [-0.3, -0.25) is 23.6 Å². The van der Waals surface area contributed by atoms with Crippen molar-refractivity contribution in [3.63, 3.8) is 0 Å². The number of piperidine rings is 1. The van der Waals surface area contributed by atoms with Gasteiger partial charge in [-0.15, -0.1) is 5.06 Å². The molecule has 0 aliphatic carbocycles. The van der Waals surface area contributed by atoms with Crippen LogP contribution < -0.4 is 15.9 Å². The van der Waals surface area contributed by atoms with Crippen LogP contribution in [0.25, 0.3) is 11.0 Å². The van der Waals surface area contributed by atoms with E-state index in [9.17, 15) is 32.3 Å². The molecule has 36 heavy (non-hydrogen) atoms. The first kappa shape index (κ1) is 24.3. The van der Waals surface area contributed by atoms with Crippen molar-refractivity contribution in [2.75, 3.05) is 44.2 Å². The van der Waals surface area contributed by atoms with Gasteiger partial charge in [0, 0.05) is 58.8 Å². The molecule has 4 heterocycles. The fraction of sp³-hybridized carbons (Fsp3) is 0.545. The number of nitrogens with one attached hydrogen (secondary N) is 1. The molecule has 14 heteroatoms. The molecule has 5 rings (SSSR count). The predicted octanol–water partition coefficient (Wildman–Crippen LogP) is 0.144. The van der Waals surface area contributed by atoms with Crippen molar-refractivity contribution in [2.24, 2.45) is 7.05 Å². The number of amides is 2. The number of carbonyl (C=O) groups excluding carboxylic acids is 3. The SMILES string of the molecule is Cn1c(=O)n(C2CCC(=O)N(OC(=O)C(F)(F)F)C2=O)c2cccc(N3CCN(C4CNC4)CC3)c21. The Hall–Kier alpha value is -3.39. The molecule has 3 fully saturated rings. The molecule has 3 aliphatic rings. The number of nitrogens with zero attached hydrogens (tertiary/aromatic N) is 5. The number of imide groups is 1. The minimum absolute atomic E-state index is 0.116. The largest absolute Gasteiger partial charge is 0.493 e. The average Bonchev–Trinajstić information content (AvgIpc) is 3.06. The van der Waals surface area contributed by atoms with Crippen LogP contribution in [-0.2, 0) is 26.3 Å². The highest BCUT2D eigenvalue weighted by atomic mass is 19.4. The van der Waals surface area contributed by atoms with Crippen molar-refractivity contribution < 1.29 is 32.4 Å². The van der Waals surface area contributed by atoms with Gasteiger partial charge in [0.15, 0.2) is 0 Å². The molecule has 1 unspecified atom stereocenters. The van der Waals surface area contributed by atoms with Crippen molar-refractivity contribution in [2.45, 2.75) is 31.1 Å². The Morgan fingerprint density at radius 1 is 1.08 bits per heavy atom. The second-order valence-electron chi connectivity index (χ2n) is 9.15. The Bertz CT molecular complexity index is 1280. The number of hydroxylamine groups is 2. The molecule has 1 atom stereocenters. The maximum Gasteiger partial charge on any atom is 0.493 e. The molecular formula is C22H25F3N6O5. The lowest BCUT2D eigenvalue weighted by atomic mass is 10.1. The number of carbonyl (C=O) groups is 3. The van der Waals surface area contributed by atoms with Crippen LogP contribution in [0.4, 0.5) is 18.9 Å². The minimum Gasteiger partial charge on any atom is -0.367 e. The van der Waals surface area contributed by atoms with Crippen molar-refractivity contribution >= 4 is 34.5 Å². The highest BCUT2D eigenvalue weighted by molar-refractivity contribution is 6.00. The third-order valence-electron chi connectivity index (χ3n) is 7.07. The number of anilines is 1. The van der Waals surface area contributed by atoms with E-state index < -0.39 is 35.7 Å². The Kier molecular flexibility index (Phi) is 6.03. The number of hydrogen-bond acceptors (Lipinski definition) is 8. The number of fused-ring (bicyclic) bond motifs is 1. The smallest absolute Gasteiger partial charge is 0.367 e. The molecule has 1 aromatic heterocycles. The van der Waals surface area contributed by atoms with Crippen molar-refractivity contribution in [1.29, 1.82) is 0 Å². The van der Waals surface area contributed by atoms with Crippen LogP contribution in [0.3, 0.4) is 0 Å². The topological polar surface area (TPSA) is 109 Å². The standard InChI is InChI=1S/C22H25F3N6O5/c1-27-18-14(29-9-7-28(8-10-29)13-11-26-12-13)3-2-4-15(18)30(21(27)35)16-5-6-17(32)31(19(16)33)36-20(34)22(23,24)25/h2-4,13,16,26H,5-12H2,1H3. The lowest BCUT2D eigenvalue weighted by Crippen LogP contribution is -2.61. The first-order valence-electron chi connectivity index (χ1n) is 11.6. The van der Waals surface area contributed by atoms with E-state index in [1.165, 1.54) is 4.57 Å². The molecule has 2 amide bonds. The number of imidazole rings is 1. The maximum absolute atomic E-state index is 13.3. The first-order valence-corrected chi connectivity index (χ1v) is 11.6. The molecular weight excluding hydrogens is 485 g/mol. The summed E-state index contributed by atoms with van der Waals surface area (Å²) in [6.45, 7) is 5.15. The zero-order valence-corrected chi connectivity index (χ0v) is 19.5. The Labute approximate surface area is 202 Å². The molecule has 1 aromatic carbocycles. The summed E-state index contributed by atoms with van der Waals surface area (Å²) in [7, 11) is 1.56. The van der Waals surface area contributed by atoms with E-state index in [0.717, 1.165) is 49.5 Å². The summed E-state index contributed by atoms with van der Waals surface area (Å²) in [6.07, 6.45) is -5.88. The molecule has 3 saturated heterocycles. The number of halogens is 3. The summed E-state index contributed by atoms with van der Waals surface area (Å²) in [6, 6.07) is 4.50. The fourth-order valence-corrected chi connectivity index (χ4v) is 5.05. The second-order valence-corrected chi connectivity index (χ2v) is 9.15. The number of piperazine rings is 1. The van der Waals surface area contributed by atoms with E-state index in [0.29, 0.717) is 17.1 Å². The summed E-state index contributed by atoms with van der Waals surface area (Å²) >= 11 is 0. The normalized spacial score (nSPS) is 22.3. The van der Waals surface area contributed by atoms with E-state index in [2.05, 4.69) is 20.0 Å². The van der Waals surface area contributed by atoms with E-state index in [4.69, 9.17) is 0 Å². The maximum atomic E-state index is 13.3. The van der Waals surface area contributed by atoms with E-state index >= 15 is 0 Å². The Morgan fingerprint density at radius 3 is 2.39 bits per heavy atom. The second kappa shape index (κ2) is 8.92. The highest BCUT2D eigenvalue weighted by Crippen LogP contribution is 2.32. The number of hydrogen-bond donors (Lipinski definition) is 1. The van der Waals surface area contributed by atoms with Gasteiger partial charge in [-0.2, -0.15) is 13.2 Å². The van der Waals surface area contributed by atoms with Crippen LogP contribution in [0.15, 0.2) is 23.0 Å². The van der Waals surface area contributed by atoms with Gasteiger partial charge in [-0.05, 0) is 18.6 Å². The molecule has 3 aliphatic heterocycles. The summed E-state index contributed by atoms with van der Waals surface area (Å²) in [5.41, 5.74) is 1.22. The molecule has 194 valence electrons. The van der Waals surface area contributed by atoms with Gasteiger partial charge in [0.1, 0.15) is 6.04 Å². The molecule has 1 N–H and O–H groups in total. The number of para-hydroxylation sites is 1. The number of alkyl halides is 3.